The quantitative estimate of drug-likeness (QED) is 0.135. The molecule has 11 heteroatoms. The molecule has 0 saturated carbocycles. The summed E-state index contributed by atoms with van der Waals surface area (Å²) in [5.41, 5.74) is 8.32. The number of nitrogens with zero attached hydrogens (tertiary/aromatic N) is 6. The van der Waals surface area contributed by atoms with Gasteiger partial charge in [-0.15, -0.1) is 0 Å². The fraction of sp³-hybridized carbons (Fsp3) is 0.360. The maximum absolute atomic E-state index is 14.4. The van der Waals surface area contributed by atoms with Crippen molar-refractivity contribution >= 4 is 11.8 Å². The van der Waals surface area contributed by atoms with Crippen LogP contribution in [0.1, 0.15) is 85.5 Å². The average molecular weight is 815 g/mol. The summed E-state index contributed by atoms with van der Waals surface area (Å²) >= 11 is 0. The fourth-order valence-electron chi connectivity index (χ4n) is 10.1. The Bertz CT molecular complexity index is 2400. The zero-order valence-electron chi connectivity index (χ0n) is 34.7. The number of H-pyrrole nitrogens is 2. The van der Waals surface area contributed by atoms with Gasteiger partial charge in [0.2, 0.25) is 11.8 Å². The second-order valence-electron chi connectivity index (χ2n) is 16.9. The smallest absolute Gasteiger partial charge is 0.245 e. The SMILES string of the molecule is O=C([C@@H](c1ccccc1)N1CCCC1)N1CCC[C@H]1c1ncc(-c2ccc(-c3ccc(-c4cnc([C@@H]5CCCN5C(=O)[C@@H](c5ccccc5)N5CCOCC5)[nH]4)cc3)cc2)[nH]1. The van der Waals surface area contributed by atoms with Crippen LogP contribution in [-0.2, 0) is 14.3 Å². The number of likely N-dealkylation sites (tertiary alicyclic amines) is 3. The number of rotatable bonds is 11. The summed E-state index contributed by atoms with van der Waals surface area (Å²) in [6.45, 7) is 6.12. The largest absolute Gasteiger partial charge is 0.379 e. The number of nitrogens with one attached hydrogen (secondary N) is 2. The Kier molecular flexibility index (Phi) is 11.3. The molecule has 4 aliphatic rings. The molecule has 0 radical (unpaired) electrons. The lowest BCUT2D eigenvalue weighted by Crippen LogP contribution is -2.47. The lowest BCUT2D eigenvalue weighted by atomic mass is 10.0. The Balaban J connectivity index is 0.805. The first-order chi connectivity index (χ1) is 30.1. The standard InChI is InChI=1S/C50H54N8O3/c59-49(45(55-25-7-8-26-55)39-11-3-1-4-12-39)57-27-9-15-43(57)47-51-33-41(53-47)37-21-17-35(18-22-37)36-19-23-38(24-20-36)42-34-52-48(54-42)44-16-10-28-58(44)50(60)46(40-13-5-2-6-14-40)56-29-31-61-32-30-56/h1-6,11-14,17-24,33-34,43-46H,7-10,15-16,25-32H2,(H,51,53)(H,52,54)/t43-,44-,45+,46+/m0/s1. The number of imidazole rings is 2. The minimum absolute atomic E-state index is 0.0641. The molecule has 0 aliphatic carbocycles. The molecule has 11 nitrogen and oxygen atoms in total. The van der Waals surface area contributed by atoms with Crippen LogP contribution in [-0.4, -0.2) is 104 Å². The van der Waals surface area contributed by atoms with Crippen LogP contribution in [0, 0.1) is 0 Å². The normalized spacial score (nSPS) is 20.9. The first-order valence-corrected chi connectivity index (χ1v) is 22.2. The highest BCUT2D eigenvalue weighted by Crippen LogP contribution is 2.38. The predicted octanol–water partition coefficient (Wildman–Crippen LogP) is 8.37. The van der Waals surface area contributed by atoms with Crippen LogP contribution >= 0.6 is 0 Å². The van der Waals surface area contributed by atoms with Gasteiger partial charge in [-0.05, 0) is 85.0 Å². The molecule has 2 amide bonds. The lowest BCUT2D eigenvalue weighted by molar-refractivity contribution is -0.140. The number of benzene rings is 4. The molecule has 4 fully saturated rings. The van der Waals surface area contributed by atoms with Gasteiger partial charge in [0.15, 0.2) is 0 Å². The summed E-state index contributed by atoms with van der Waals surface area (Å²) in [6, 6.07) is 36.8. The van der Waals surface area contributed by atoms with Crippen molar-refractivity contribution in [1.82, 2.24) is 39.5 Å². The third kappa shape index (κ3) is 8.05. The van der Waals surface area contributed by atoms with E-state index in [4.69, 9.17) is 14.7 Å². The molecule has 4 atom stereocenters. The molecule has 2 aromatic heterocycles. The summed E-state index contributed by atoms with van der Waals surface area (Å²) in [7, 11) is 0. The highest BCUT2D eigenvalue weighted by molar-refractivity contribution is 5.85. The predicted molar refractivity (Wildman–Crippen MR) is 236 cm³/mol. The monoisotopic (exact) mass is 814 g/mol. The Hall–Kier alpha value is -5.88. The lowest BCUT2D eigenvalue weighted by Gasteiger charge is -2.37. The van der Waals surface area contributed by atoms with Crippen molar-refractivity contribution in [3.8, 4) is 33.6 Å². The van der Waals surface area contributed by atoms with Gasteiger partial charge in [-0.2, -0.15) is 0 Å². The number of hydrogen-bond donors (Lipinski definition) is 2. The van der Waals surface area contributed by atoms with Crippen molar-refractivity contribution in [2.24, 2.45) is 0 Å². The van der Waals surface area contributed by atoms with Crippen LogP contribution in [0.3, 0.4) is 0 Å². The summed E-state index contributed by atoms with van der Waals surface area (Å²) < 4.78 is 5.63. The van der Waals surface area contributed by atoms with Gasteiger partial charge in [0, 0.05) is 26.2 Å². The number of aromatic nitrogens is 4. The highest BCUT2D eigenvalue weighted by atomic mass is 16.5. The van der Waals surface area contributed by atoms with Gasteiger partial charge in [-0.25, -0.2) is 9.97 Å². The maximum Gasteiger partial charge on any atom is 0.245 e. The molecule has 4 saturated heterocycles. The number of morpholine rings is 1. The van der Waals surface area contributed by atoms with E-state index in [9.17, 15) is 9.59 Å². The Morgan fingerprint density at radius 3 is 1.36 bits per heavy atom. The molecule has 10 rings (SSSR count). The van der Waals surface area contributed by atoms with Crippen LogP contribution in [0.25, 0.3) is 33.6 Å². The summed E-state index contributed by atoms with van der Waals surface area (Å²) in [5.74, 6) is 2.00. The summed E-state index contributed by atoms with van der Waals surface area (Å²) in [5, 5.41) is 0. The van der Waals surface area contributed by atoms with Crippen LogP contribution in [0.4, 0.5) is 0 Å². The van der Waals surface area contributed by atoms with Crippen molar-refractivity contribution < 1.29 is 14.3 Å². The van der Waals surface area contributed by atoms with Gasteiger partial charge in [-0.1, -0.05) is 109 Å². The molecule has 4 aliphatic heterocycles. The van der Waals surface area contributed by atoms with Crippen LogP contribution < -0.4 is 0 Å². The second kappa shape index (κ2) is 17.6. The Morgan fingerprint density at radius 2 is 0.918 bits per heavy atom. The van der Waals surface area contributed by atoms with E-state index in [1.54, 1.807) is 0 Å². The van der Waals surface area contributed by atoms with Gasteiger partial charge in [-0.3, -0.25) is 19.4 Å². The third-order valence-corrected chi connectivity index (χ3v) is 13.2. The average Bonchev–Trinajstić information content (AvgIpc) is 4.18. The van der Waals surface area contributed by atoms with Crippen LogP contribution in [0.15, 0.2) is 122 Å². The Morgan fingerprint density at radius 1 is 0.508 bits per heavy atom. The van der Waals surface area contributed by atoms with Gasteiger partial charge in [0.1, 0.15) is 23.7 Å². The molecule has 2 N–H and O–H groups in total. The number of amides is 2. The molecule has 312 valence electrons. The molecule has 0 bridgehead atoms. The molecular formula is C50H54N8O3. The van der Waals surface area contributed by atoms with Gasteiger partial charge in [0.05, 0.1) is 49.1 Å². The van der Waals surface area contributed by atoms with Gasteiger partial charge in [0.25, 0.3) is 0 Å². The van der Waals surface area contributed by atoms with E-state index in [-0.39, 0.29) is 36.0 Å². The van der Waals surface area contributed by atoms with Gasteiger partial charge < -0.3 is 24.5 Å². The minimum Gasteiger partial charge on any atom is -0.379 e. The number of aromatic amines is 2. The minimum atomic E-state index is -0.336. The van der Waals surface area contributed by atoms with E-state index in [2.05, 4.69) is 97.5 Å². The van der Waals surface area contributed by atoms with Crippen LogP contribution in [0.2, 0.25) is 0 Å². The van der Waals surface area contributed by atoms with Crippen LogP contribution in [0.5, 0.6) is 0 Å². The molecular weight excluding hydrogens is 761 g/mol. The molecule has 61 heavy (non-hydrogen) atoms. The van der Waals surface area contributed by atoms with E-state index in [0.29, 0.717) is 13.2 Å². The number of carbonyl (C=O) groups is 2. The molecule has 0 spiro atoms. The van der Waals surface area contributed by atoms with Crippen molar-refractivity contribution in [2.45, 2.75) is 62.7 Å². The summed E-state index contributed by atoms with van der Waals surface area (Å²) in [4.78, 5) is 54.2. The van der Waals surface area contributed by atoms with E-state index in [0.717, 1.165) is 134 Å². The molecule has 4 aromatic carbocycles. The summed E-state index contributed by atoms with van der Waals surface area (Å²) in [6.07, 6.45) is 9.76. The number of carbonyl (C=O) groups excluding carboxylic acids is 2. The number of hydrogen-bond acceptors (Lipinski definition) is 7. The van der Waals surface area contributed by atoms with Gasteiger partial charge >= 0.3 is 0 Å². The topological polar surface area (TPSA) is 114 Å². The maximum atomic E-state index is 14.4. The fourth-order valence-corrected chi connectivity index (χ4v) is 10.1. The number of ether oxygens (including phenoxy) is 1. The second-order valence-corrected chi connectivity index (χ2v) is 16.9. The first-order valence-electron chi connectivity index (χ1n) is 22.2. The first kappa shape index (κ1) is 39.3. The zero-order valence-corrected chi connectivity index (χ0v) is 34.7. The molecule has 0 unspecified atom stereocenters. The molecule has 6 heterocycles. The van der Waals surface area contributed by atoms with Crippen molar-refractivity contribution in [1.29, 1.82) is 0 Å². The van der Waals surface area contributed by atoms with E-state index in [1.165, 1.54) is 0 Å². The third-order valence-electron chi connectivity index (χ3n) is 13.2. The van der Waals surface area contributed by atoms with E-state index in [1.807, 2.05) is 53.7 Å². The van der Waals surface area contributed by atoms with Crippen molar-refractivity contribution in [2.75, 3.05) is 52.5 Å². The highest BCUT2D eigenvalue weighted by Gasteiger charge is 2.40. The van der Waals surface area contributed by atoms with E-state index >= 15 is 0 Å². The Labute approximate surface area is 357 Å². The van der Waals surface area contributed by atoms with Crippen molar-refractivity contribution in [3.63, 3.8) is 0 Å². The molecule has 6 aromatic rings. The zero-order chi connectivity index (χ0) is 41.1. The van der Waals surface area contributed by atoms with E-state index < -0.39 is 0 Å². The van der Waals surface area contributed by atoms with Crippen molar-refractivity contribution in [3.05, 3.63) is 144 Å².